The van der Waals surface area contributed by atoms with Gasteiger partial charge in [0.1, 0.15) is 5.75 Å². The van der Waals surface area contributed by atoms with Gasteiger partial charge in [-0.25, -0.2) is 13.2 Å². The zero-order chi connectivity index (χ0) is 21.0. The number of morpholine rings is 1. The second-order valence-electron chi connectivity index (χ2n) is 6.99. The molecule has 1 fully saturated rings. The van der Waals surface area contributed by atoms with Gasteiger partial charge < -0.3 is 9.47 Å². The number of ether oxygens (including phenoxy) is 2. The third-order valence-corrected chi connectivity index (χ3v) is 6.89. The van der Waals surface area contributed by atoms with Gasteiger partial charge in [0.15, 0.2) is 0 Å². The summed E-state index contributed by atoms with van der Waals surface area (Å²) in [5, 5.41) is 0. The van der Waals surface area contributed by atoms with Crippen LogP contribution < -0.4 is 4.74 Å². The average molecular weight is 416 g/mol. The Morgan fingerprint density at radius 1 is 1.00 bits per heavy atom. The molecule has 2 aromatic carbocycles. The minimum Gasteiger partial charge on any atom is -0.423 e. The molecule has 0 radical (unpaired) electrons. The number of carbonyl (C=O) groups excluding carboxylic acids is 1. The molecule has 7 heteroatoms. The number of carbonyl (C=O) groups is 1. The quantitative estimate of drug-likeness (QED) is 0.426. The van der Waals surface area contributed by atoms with Gasteiger partial charge in [0.25, 0.3) is 0 Å². The molecule has 0 N–H and O–H groups in total. The van der Waals surface area contributed by atoms with E-state index in [1.807, 2.05) is 32.9 Å². The summed E-state index contributed by atoms with van der Waals surface area (Å²) in [4.78, 5) is 12.4. The van der Waals surface area contributed by atoms with Crippen LogP contribution in [0, 0.1) is 20.8 Å². The molecule has 6 nitrogen and oxygen atoms in total. The maximum atomic E-state index is 12.6. The summed E-state index contributed by atoms with van der Waals surface area (Å²) in [5.74, 6) is 0.0958. The van der Waals surface area contributed by atoms with Gasteiger partial charge in [-0.1, -0.05) is 24.3 Å². The van der Waals surface area contributed by atoms with Gasteiger partial charge in [-0.2, -0.15) is 4.31 Å². The molecule has 0 spiro atoms. The average Bonchev–Trinajstić information content (AvgIpc) is 2.73. The van der Waals surface area contributed by atoms with E-state index in [9.17, 15) is 13.2 Å². The highest BCUT2D eigenvalue weighted by atomic mass is 32.2. The predicted octanol–water partition coefficient (Wildman–Crippen LogP) is 3.25. The van der Waals surface area contributed by atoms with Crippen LogP contribution in [0.25, 0.3) is 6.08 Å². The molecule has 0 bridgehead atoms. The predicted molar refractivity (Wildman–Crippen MR) is 111 cm³/mol. The summed E-state index contributed by atoms with van der Waals surface area (Å²) >= 11 is 0. The van der Waals surface area contributed by atoms with Gasteiger partial charge in [0.2, 0.25) is 10.0 Å². The van der Waals surface area contributed by atoms with Crippen LogP contribution in [0.5, 0.6) is 5.75 Å². The van der Waals surface area contributed by atoms with E-state index in [1.165, 1.54) is 10.4 Å². The normalized spacial score (nSPS) is 15.6. The lowest BCUT2D eigenvalue weighted by atomic mass is 10.1. The summed E-state index contributed by atoms with van der Waals surface area (Å²) in [7, 11) is -3.53. The molecule has 2 aromatic rings. The molecule has 0 saturated carbocycles. The first-order valence-electron chi connectivity index (χ1n) is 9.43. The number of aryl methyl sites for hydroxylation is 2. The summed E-state index contributed by atoms with van der Waals surface area (Å²) in [6, 6.07) is 10.3. The number of hydrogen-bond donors (Lipinski definition) is 0. The molecule has 29 heavy (non-hydrogen) atoms. The summed E-state index contributed by atoms with van der Waals surface area (Å²) in [6.45, 7) is 7.30. The summed E-state index contributed by atoms with van der Waals surface area (Å²) < 4.78 is 37.4. The Morgan fingerprint density at radius 2 is 1.62 bits per heavy atom. The largest absolute Gasteiger partial charge is 0.423 e. The summed E-state index contributed by atoms with van der Waals surface area (Å²) in [5.41, 5.74) is 3.59. The molecule has 3 rings (SSSR count). The standard InChI is InChI=1S/C22H25NO5S/c1-16-4-5-17(2)22(18(16)3)28-21(24)11-8-19-6-9-20(10-7-19)29(25,26)23-12-14-27-15-13-23/h4-11H,12-15H2,1-3H3/b11-8+. The van der Waals surface area contributed by atoms with Crippen LogP contribution in [0.15, 0.2) is 47.4 Å². The van der Waals surface area contributed by atoms with E-state index in [0.717, 1.165) is 16.7 Å². The number of nitrogens with zero attached hydrogens (tertiary/aromatic N) is 1. The van der Waals surface area contributed by atoms with Crippen molar-refractivity contribution in [1.29, 1.82) is 0 Å². The van der Waals surface area contributed by atoms with Crippen LogP contribution in [0.3, 0.4) is 0 Å². The van der Waals surface area contributed by atoms with Crippen LogP contribution in [-0.4, -0.2) is 45.0 Å². The van der Waals surface area contributed by atoms with Crippen molar-refractivity contribution in [2.24, 2.45) is 0 Å². The summed E-state index contributed by atoms with van der Waals surface area (Å²) in [6.07, 6.45) is 2.95. The molecule has 1 heterocycles. The van der Waals surface area contributed by atoms with Crippen LogP contribution >= 0.6 is 0 Å². The van der Waals surface area contributed by atoms with E-state index in [4.69, 9.17) is 9.47 Å². The van der Waals surface area contributed by atoms with Gasteiger partial charge in [-0.05, 0) is 61.2 Å². The fraction of sp³-hybridized carbons (Fsp3) is 0.318. The highest BCUT2D eigenvalue weighted by Crippen LogP contribution is 2.26. The maximum absolute atomic E-state index is 12.6. The molecule has 1 aliphatic rings. The molecule has 0 aliphatic carbocycles. The van der Waals surface area contributed by atoms with Crippen LogP contribution in [0.2, 0.25) is 0 Å². The number of benzene rings is 2. The van der Waals surface area contributed by atoms with Crippen molar-refractivity contribution in [1.82, 2.24) is 4.31 Å². The van der Waals surface area contributed by atoms with Crippen molar-refractivity contribution in [3.05, 3.63) is 64.7 Å². The monoisotopic (exact) mass is 415 g/mol. The van der Waals surface area contributed by atoms with Crippen molar-refractivity contribution >= 4 is 22.1 Å². The zero-order valence-electron chi connectivity index (χ0n) is 16.8. The molecule has 154 valence electrons. The molecule has 0 unspecified atom stereocenters. The number of esters is 1. The lowest BCUT2D eigenvalue weighted by Gasteiger charge is -2.26. The van der Waals surface area contributed by atoms with E-state index >= 15 is 0 Å². The Bertz CT molecular complexity index is 1020. The molecule has 1 aliphatic heterocycles. The lowest BCUT2D eigenvalue weighted by Crippen LogP contribution is -2.40. The SMILES string of the molecule is Cc1ccc(C)c(OC(=O)/C=C/c2ccc(S(=O)(=O)N3CCOCC3)cc2)c1C. The molecular weight excluding hydrogens is 390 g/mol. The molecule has 0 atom stereocenters. The van der Waals surface area contributed by atoms with Gasteiger partial charge in [-0.3, -0.25) is 0 Å². The minimum atomic E-state index is -3.53. The smallest absolute Gasteiger partial charge is 0.336 e. The lowest BCUT2D eigenvalue weighted by molar-refractivity contribution is -0.129. The van der Waals surface area contributed by atoms with Crippen LogP contribution in [-0.2, 0) is 19.6 Å². The molecule has 0 amide bonds. The van der Waals surface area contributed by atoms with Gasteiger partial charge >= 0.3 is 5.97 Å². The van der Waals surface area contributed by atoms with E-state index < -0.39 is 16.0 Å². The number of hydrogen-bond acceptors (Lipinski definition) is 5. The van der Waals surface area contributed by atoms with Crippen molar-refractivity contribution in [2.45, 2.75) is 25.7 Å². The van der Waals surface area contributed by atoms with Crippen molar-refractivity contribution in [3.63, 3.8) is 0 Å². The second kappa shape index (κ2) is 8.90. The fourth-order valence-electron chi connectivity index (χ4n) is 3.07. The van der Waals surface area contributed by atoms with E-state index in [1.54, 1.807) is 30.3 Å². The van der Waals surface area contributed by atoms with Crippen molar-refractivity contribution < 1.29 is 22.7 Å². The van der Waals surface area contributed by atoms with Crippen molar-refractivity contribution in [2.75, 3.05) is 26.3 Å². The highest BCUT2D eigenvalue weighted by Gasteiger charge is 2.25. The Morgan fingerprint density at radius 3 is 2.28 bits per heavy atom. The Hall–Kier alpha value is -2.48. The molecule has 0 aromatic heterocycles. The van der Waals surface area contributed by atoms with Gasteiger partial charge in [0, 0.05) is 19.2 Å². The number of rotatable bonds is 5. The van der Waals surface area contributed by atoms with E-state index in [-0.39, 0.29) is 4.90 Å². The van der Waals surface area contributed by atoms with Gasteiger partial charge in [0.05, 0.1) is 18.1 Å². The van der Waals surface area contributed by atoms with E-state index in [0.29, 0.717) is 37.6 Å². The van der Waals surface area contributed by atoms with Crippen LogP contribution in [0.4, 0.5) is 0 Å². The first-order valence-corrected chi connectivity index (χ1v) is 10.9. The Labute approximate surface area is 171 Å². The van der Waals surface area contributed by atoms with E-state index in [2.05, 4.69) is 0 Å². The Balaban J connectivity index is 1.69. The fourth-order valence-corrected chi connectivity index (χ4v) is 4.48. The number of sulfonamides is 1. The molecule has 1 saturated heterocycles. The third-order valence-electron chi connectivity index (χ3n) is 4.98. The third kappa shape index (κ3) is 4.93. The van der Waals surface area contributed by atoms with Crippen molar-refractivity contribution in [3.8, 4) is 5.75 Å². The highest BCUT2D eigenvalue weighted by molar-refractivity contribution is 7.89. The first-order chi connectivity index (χ1) is 13.8. The molecular formula is C22H25NO5S. The maximum Gasteiger partial charge on any atom is 0.336 e. The second-order valence-corrected chi connectivity index (χ2v) is 8.93. The van der Waals surface area contributed by atoms with Gasteiger partial charge in [-0.15, -0.1) is 0 Å². The minimum absolute atomic E-state index is 0.227. The first kappa shape index (κ1) is 21.2. The van der Waals surface area contributed by atoms with Crippen LogP contribution in [0.1, 0.15) is 22.3 Å². The Kier molecular flexibility index (Phi) is 6.52. The topological polar surface area (TPSA) is 72.9 Å². The zero-order valence-corrected chi connectivity index (χ0v) is 17.7.